The molecule has 7 nitrogen and oxygen atoms in total. The summed E-state index contributed by atoms with van der Waals surface area (Å²) in [6.07, 6.45) is 0.186. The number of nitrogens with zero attached hydrogens (tertiary/aromatic N) is 2. The van der Waals surface area contributed by atoms with Gasteiger partial charge in [0.1, 0.15) is 0 Å². The second-order valence-corrected chi connectivity index (χ2v) is 9.88. The first-order valence-electron chi connectivity index (χ1n) is 12.1. The molecular weight excluding hydrogens is 473 g/mol. The molecule has 2 amide bonds. The van der Waals surface area contributed by atoms with Gasteiger partial charge in [0, 0.05) is 42.1 Å². The van der Waals surface area contributed by atoms with Gasteiger partial charge in [-0.25, -0.2) is 0 Å². The van der Waals surface area contributed by atoms with Crippen LogP contribution in [-0.2, 0) is 16.6 Å². The number of benzene rings is 1. The second-order valence-electron chi connectivity index (χ2n) is 9.88. The Labute approximate surface area is 208 Å². The quantitative estimate of drug-likeness (QED) is 0.562. The molecule has 1 aromatic carbocycles. The SMILES string of the molecule is Cc1ccc(C2(O)CCC(N3CC(NC(=O)CNC(=O)c4cc(C(F)(F)F)ccc4C)C3)CC2)cn1. The van der Waals surface area contributed by atoms with Crippen molar-refractivity contribution in [1.29, 1.82) is 0 Å². The number of likely N-dealkylation sites (tertiary alicyclic amines) is 1. The normalized spacial score (nSPS) is 23.1. The zero-order valence-electron chi connectivity index (χ0n) is 20.4. The number of aliphatic hydroxyl groups is 1. The molecule has 2 heterocycles. The minimum Gasteiger partial charge on any atom is -0.385 e. The fourth-order valence-electron chi connectivity index (χ4n) is 4.96. The van der Waals surface area contributed by atoms with Gasteiger partial charge < -0.3 is 15.7 Å². The van der Waals surface area contributed by atoms with Crippen LogP contribution in [-0.4, -0.2) is 58.5 Å². The van der Waals surface area contributed by atoms with Crippen LogP contribution in [0.25, 0.3) is 0 Å². The number of alkyl halides is 3. The van der Waals surface area contributed by atoms with E-state index in [1.807, 2.05) is 19.1 Å². The van der Waals surface area contributed by atoms with Gasteiger partial charge >= 0.3 is 6.18 Å². The summed E-state index contributed by atoms with van der Waals surface area (Å²) in [4.78, 5) is 31.2. The smallest absolute Gasteiger partial charge is 0.385 e. The number of hydrogen-bond acceptors (Lipinski definition) is 5. The topological polar surface area (TPSA) is 94.6 Å². The molecule has 36 heavy (non-hydrogen) atoms. The highest BCUT2D eigenvalue weighted by molar-refractivity contribution is 5.97. The molecule has 0 spiro atoms. The lowest BCUT2D eigenvalue weighted by Gasteiger charge is -2.48. The van der Waals surface area contributed by atoms with Gasteiger partial charge in [0.05, 0.1) is 23.8 Å². The highest BCUT2D eigenvalue weighted by atomic mass is 19.4. The van der Waals surface area contributed by atoms with E-state index in [4.69, 9.17) is 0 Å². The van der Waals surface area contributed by atoms with Gasteiger partial charge in [0.25, 0.3) is 5.91 Å². The Morgan fingerprint density at radius 2 is 1.83 bits per heavy atom. The summed E-state index contributed by atoms with van der Waals surface area (Å²) in [5.41, 5.74) is 0.289. The Balaban J connectivity index is 1.20. The molecule has 0 radical (unpaired) electrons. The summed E-state index contributed by atoms with van der Waals surface area (Å²) in [5.74, 6) is -1.11. The van der Waals surface area contributed by atoms with E-state index in [2.05, 4.69) is 20.5 Å². The minimum atomic E-state index is -4.55. The van der Waals surface area contributed by atoms with E-state index < -0.39 is 23.2 Å². The van der Waals surface area contributed by atoms with Crippen molar-refractivity contribution in [3.63, 3.8) is 0 Å². The summed E-state index contributed by atoms with van der Waals surface area (Å²) in [6, 6.07) is 7.09. The van der Waals surface area contributed by atoms with Gasteiger partial charge in [-0.3, -0.25) is 19.5 Å². The van der Waals surface area contributed by atoms with Crippen LogP contribution in [0.3, 0.4) is 0 Å². The van der Waals surface area contributed by atoms with Crippen molar-refractivity contribution in [1.82, 2.24) is 20.5 Å². The Bertz CT molecular complexity index is 1110. The lowest BCUT2D eigenvalue weighted by Crippen LogP contribution is -2.63. The second kappa shape index (κ2) is 10.2. The molecule has 1 saturated carbocycles. The van der Waals surface area contributed by atoms with E-state index in [9.17, 15) is 27.9 Å². The van der Waals surface area contributed by atoms with E-state index in [0.717, 1.165) is 36.2 Å². The minimum absolute atomic E-state index is 0.0493. The fraction of sp³-hybridized carbons (Fsp3) is 0.500. The highest BCUT2D eigenvalue weighted by Gasteiger charge is 2.40. The first-order valence-corrected chi connectivity index (χ1v) is 12.1. The molecule has 1 aromatic heterocycles. The Morgan fingerprint density at radius 1 is 1.14 bits per heavy atom. The molecule has 0 atom stereocenters. The molecule has 0 unspecified atom stereocenters. The number of aromatic nitrogens is 1. The van der Waals surface area contributed by atoms with Gasteiger partial charge in [-0.2, -0.15) is 13.2 Å². The van der Waals surface area contributed by atoms with Crippen molar-refractivity contribution in [3.8, 4) is 0 Å². The molecular formula is C26H31F3N4O3. The number of amides is 2. The molecule has 2 aliphatic rings. The molecule has 3 N–H and O–H groups in total. The summed E-state index contributed by atoms with van der Waals surface area (Å²) >= 11 is 0. The number of nitrogens with one attached hydrogen (secondary N) is 2. The van der Waals surface area contributed by atoms with Crippen LogP contribution in [0, 0.1) is 13.8 Å². The van der Waals surface area contributed by atoms with E-state index in [-0.39, 0.29) is 24.1 Å². The van der Waals surface area contributed by atoms with Crippen LogP contribution < -0.4 is 10.6 Å². The molecule has 194 valence electrons. The van der Waals surface area contributed by atoms with Crippen LogP contribution in [0.1, 0.15) is 58.4 Å². The van der Waals surface area contributed by atoms with Crippen molar-refractivity contribution in [2.45, 2.75) is 63.4 Å². The van der Waals surface area contributed by atoms with Crippen molar-refractivity contribution in [2.75, 3.05) is 19.6 Å². The number of halogens is 3. The number of hydrogen-bond donors (Lipinski definition) is 3. The summed E-state index contributed by atoms with van der Waals surface area (Å²) < 4.78 is 38.8. The van der Waals surface area contributed by atoms with Crippen LogP contribution in [0.15, 0.2) is 36.5 Å². The number of carbonyl (C=O) groups excluding carboxylic acids is 2. The Kier molecular flexibility index (Phi) is 7.38. The zero-order valence-corrected chi connectivity index (χ0v) is 20.4. The third kappa shape index (κ3) is 5.87. The molecule has 4 rings (SSSR count). The molecule has 0 bridgehead atoms. The van der Waals surface area contributed by atoms with Gasteiger partial charge in [-0.15, -0.1) is 0 Å². The summed E-state index contributed by atoms with van der Waals surface area (Å²) in [5, 5.41) is 16.3. The number of pyridine rings is 1. The first-order chi connectivity index (χ1) is 16.9. The molecule has 1 aliphatic heterocycles. The Hall–Kier alpha value is -2.98. The number of carbonyl (C=O) groups is 2. The monoisotopic (exact) mass is 504 g/mol. The molecule has 10 heteroatoms. The lowest BCUT2D eigenvalue weighted by molar-refractivity contribution is -0.137. The van der Waals surface area contributed by atoms with E-state index >= 15 is 0 Å². The van der Waals surface area contributed by atoms with Crippen LogP contribution in [0.5, 0.6) is 0 Å². The number of aryl methyl sites for hydroxylation is 2. The average Bonchev–Trinajstić information content (AvgIpc) is 2.80. The molecule has 2 fully saturated rings. The van der Waals surface area contributed by atoms with E-state index in [0.29, 0.717) is 37.5 Å². The van der Waals surface area contributed by atoms with Gasteiger partial charge in [0.15, 0.2) is 0 Å². The van der Waals surface area contributed by atoms with Crippen molar-refractivity contribution in [2.24, 2.45) is 0 Å². The molecule has 1 aliphatic carbocycles. The van der Waals surface area contributed by atoms with E-state index in [1.165, 1.54) is 6.07 Å². The van der Waals surface area contributed by atoms with Gasteiger partial charge in [-0.1, -0.05) is 12.1 Å². The lowest BCUT2D eigenvalue weighted by atomic mass is 9.77. The predicted molar refractivity (Wildman–Crippen MR) is 127 cm³/mol. The predicted octanol–water partition coefficient (Wildman–Crippen LogP) is 3.08. The van der Waals surface area contributed by atoms with Crippen LogP contribution in [0.2, 0.25) is 0 Å². The van der Waals surface area contributed by atoms with Gasteiger partial charge in [-0.05, 0) is 63.3 Å². The van der Waals surface area contributed by atoms with Crippen LogP contribution in [0.4, 0.5) is 13.2 Å². The standard InChI is InChI=1S/C26H31F3N4O3/c1-16-3-5-18(26(27,28)29)11-22(16)24(35)31-13-23(34)32-20-14-33(15-20)21-7-9-25(36,10-8-21)19-6-4-17(2)30-12-19/h3-6,11-12,20-21,36H,7-10,13-15H2,1-2H3,(H,31,35)(H,32,34). The third-order valence-corrected chi connectivity index (χ3v) is 7.24. The summed E-state index contributed by atoms with van der Waals surface area (Å²) in [6.45, 7) is 4.51. The van der Waals surface area contributed by atoms with E-state index in [1.54, 1.807) is 13.1 Å². The van der Waals surface area contributed by atoms with Gasteiger partial charge in [0.2, 0.25) is 5.91 Å². The molecule has 2 aromatic rings. The Morgan fingerprint density at radius 3 is 2.44 bits per heavy atom. The fourth-order valence-corrected chi connectivity index (χ4v) is 4.96. The van der Waals surface area contributed by atoms with Crippen molar-refractivity contribution >= 4 is 11.8 Å². The maximum absolute atomic E-state index is 12.9. The maximum Gasteiger partial charge on any atom is 0.416 e. The molecule has 1 saturated heterocycles. The summed E-state index contributed by atoms with van der Waals surface area (Å²) in [7, 11) is 0. The van der Waals surface area contributed by atoms with Crippen LogP contribution >= 0.6 is 0 Å². The highest BCUT2D eigenvalue weighted by Crippen LogP contribution is 2.39. The zero-order chi connectivity index (χ0) is 26.1. The average molecular weight is 505 g/mol. The first kappa shape index (κ1) is 26.1. The largest absolute Gasteiger partial charge is 0.416 e. The number of rotatable bonds is 6. The van der Waals surface area contributed by atoms with Crippen molar-refractivity contribution in [3.05, 3.63) is 64.5 Å². The maximum atomic E-state index is 12.9. The third-order valence-electron chi connectivity index (χ3n) is 7.24. The van der Waals surface area contributed by atoms with Crippen molar-refractivity contribution < 1.29 is 27.9 Å².